The number of halogens is 2. The molecule has 1 saturated carbocycles. The maximum absolute atomic E-state index is 14.9. The van der Waals surface area contributed by atoms with Crippen molar-refractivity contribution in [3.8, 4) is 5.75 Å². The molecule has 0 amide bonds. The Morgan fingerprint density at radius 1 is 1.12 bits per heavy atom. The fourth-order valence-electron chi connectivity index (χ4n) is 4.02. The molecule has 1 N–H and O–H groups in total. The second kappa shape index (κ2) is 9.19. The first-order valence-electron chi connectivity index (χ1n) is 10.4. The van der Waals surface area contributed by atoms with Gasteiger partial charge >= 0.3 is 0 Å². The van der Waals surface area contributed by atoms with E-state index in [1.807, 2.05) is 17.7 Å². The first kappa shape index (κ1) is 22.1. The zero-order valence-corrected chi connectivity index (χ0v) is 18.2. The van der Waals surface area contributed by atoms with Crippen LogP contribution < -0.4 is 9.46 Å². The van der Waals surface area contributed by atoms with Gasteiger partial charge in [-0.1, -0.05) is 6.42 Å². The molecule has 0 bridgehead atoms. The minimum atomic E-state index is -4.39. The highest BCUT2D eigenvalue weighted by atomic mass is 32.2. The summed E-state index contributed by atoms with van der Waals surface area (Å²) in [6.45, 7) is 2.68. The first-order chi connectivity index (χ1) is 15.4. The Bertz CT molecular complexity index is 1190. The summed E-state index contributed by atoms with van der Waals surface area (Å²) in [5.41, 5.74) is 0.992. The number of nitrogens with zero attached hydrogens (tertiary/aromatic N) is 4. The van der Waals surface area contributed by atoms with Crippen molar-refractivity contribution in [3.05, 3.63) is 60.3 Å². The third kappa shape index (κ3) is 4.43. The monoisotopic (exact) mass is 463 g/mol. The van der Waals surface area contributed by atoms with Gasteiger partial charge in [-0.2, -0.15) is 9.49 Å². The molecular formula is C21H23F2N5O3S. The lowest BCUT2D eigenvalue weighted by atomic mass is 9.84. The zero-order chi connectivity index (χ0) is 22.7. The van der Waals surface area contributed by atoms with Crippen molar-refractivity contribution < 1.29 is 21.9 Å². The second-order valence-corrected chi connectivity index (χ2v) is 9.16. The fraction of sp³-hybridized carbons (Fsp3) is 0.381. The Morgan fingerprint density at radius 3 is 2.69 bits per heavy atom. The number of hydrogen-bond acceptors (Lipinski definition) is 6. The number of sulfonamides is 1. The number of aromatic nitrogens is 4. The molecule has 1 aromatic carbocycles. The van der Waals surface area contributed by atoms with Crippen LogP contribution in [0.2, 0.25) is 0 Å². The van der Waals surface area contributed by atoms with E-state index in [4.69, 9.17) is 4.74 Å². The topological polar surface area (TPSA) is 99.0 Å². The summed E-state index contributed by atoms with van der Waals surface area (Å²) in [6.07, 6.45) is 7.23. The van der Waals surface area contributed by atoms with Crippen LogP contribution in [0.4, 0.5) is 14.6 Å². The standard InChI is InChI=1S/C21H23F2N5O3S/c1-2-28-15(9-12-26-28)14-5-3-4-6-16(14)31-17-7-8-18(21(23)20(17)22)32(29,30)27-19-10-11-24-13-25-19/h7-14,16H,2-6H2,1H3,(H,24,25,27). The van der Waals surface area contributed by atoms with E-state index in [1.165, 1.54) is 12.3 Å². The van der Waals surface area contributed by atoms with Crippen LogP contribution in [0.5, 0.6) is 5.75 Å². The van der Waals surface area contributed by atoms with Gasteiger partial charge < -0.3 is 4.74 Å². The van der Waals surface area contributed by atoms with Crippen LogP contribution in [0.1, 0.15) is 44.2 Å². The first-order valence-corrected chi connectivity index (χ1v) is 11.8. The van der Waals surface area contributed by atoms with E-state index in [0.717, 1.165) is 43.4 Å². The lowest BCUT2D eigenvalue weighted by molar-refractivity contribution is 0.119. The third-order valence-electron chi connectivity index (χ3n) is 5.53. The maximum Gasteiger partial charge on any atom is 0.266 e. The van der Waals surface area contributed by atoms with E-state index in [1.54, 1.807) is 6.20 Å². The van der Waals surface area contributed by atoms with Crippen molar-refractivity contribution in [3.63, 3.8) is 0 Å². The summed E-state index contributed by atoms with van der Waals surface area (Å²) in [7, 11) is -4.39. The van der Waals surface area contributed by atoms with Gasteiger partial charge in [-0.25, -0.2) is 22.8 Å². The predicted octanol–water partition coefficient (Wildman–Crippen LogP) is 3.88. The van der Waals surface area contributed by atoms with Crippen molar-refractivity contribution in [2.45, 2.75) is 56.1 Å². The van der Waals surface area contributed by atoms with E-state index in [9.17, 15) is 17.2 Å². The summed E-state index contributed by atoms with van der Waals surface area (Å²) in [4.78, 5) is 6.59. The second-order valence-electron chi connectivity index (χ2n) is 7.51. The molecule has 1 aliphatic carbocycles. The average molecular weight is 464 g/mol. The largest absolute Gasteiger partial charge is 0.487 e. The van der Waals surface area contributed by atoms with Gasteiger partial charge in [0.1, 0.15) is 23.1 Å². The Morgan fingerprint density at radius 2 is 1.94 bits per heavy atom. The molecule has 2 heterocycles. The SMILES string of the molecule is CCn1nccc1C1CCCCC1Oc1ccc(S(=O)(=O)Nc2ccncn2)c(F)c1F. The van der Waals surface area contributed by atoms with Gasteiger partial charge in [0, 0.05) is 30.6 Å². The number of ether oxygens (including phenoxy) is 1. The normalized spacial score (nSPS) is 19.0. The summed E-state index contributed by atoms with van der Waals surface area (Å²) >= 11 is 0. The highest BCUT2D eigenvalue weighted by Crippen LogP contribution is 2.37. The Balaban J connectivity index is 1.59. The molecule has 2 unspecified atom stereocenters. The number of rotatable bonds is 7. The van der Waals surface area contributed by atoms with Crippen molar-refractivity contribution in [1.82, 2.24) is 19.7 Å². The summed E-state index contributed by atoms with van der Waals surface area (Å²) in [5.74, 6) is -3.24. The van der Waals surface area contributed by atoms with Gasteiger partial charge in [0.05, 0.1) is 0 Å². The number of aryl methyl sites for hydroxylation is 1. The minimum absolute atomic E-state index is 0.0171. The predicted molar refractivity (Wildman–Crippen MR) is 113 cm³/mol. The molecule has 32 heavy (non-hydrogen) atoms. The Kier molecular flexibility index (Phi) is 6.35. The molecule has 1 fully saturated rings. The minimum Gasteiger partial charge on any atom is -0.487 e. The van der Waals surface area contributed by atoms with Gasteiger partial charge in [0.15, 0.2) is 11.6 Å². The van der Waals surface area contributed by atoms with E-state index >= 15 is 0 Å². The molecule has 4 rings (SSSR count). The van der Waals surface area contributed by atoms with Gasteiger partial charge in [-0.15, -0.1) is 0 Å². The summed E-state index contributed by atoms with van der Waals surface area (Å²) in [5, 5.41) is 4.30. The van der Waals surface area contributed by atoms with Crippen molar-refractivity contribution in [2.75, 3.05) is 4.72 Å². The van der Waals surface area contributed by atoms with E-state index in [0.29, 0.717) is 13.0 Å². The Hall–Kier alpha value is -3.08. The molecule has 170 valence electrons. The third-order valence-corrected chi connectivity index (χ3v) is 6.90. The maximum atomic E-state index is 14.9. The lowest BCUT2D eigenvalue weighted by Crippen LogP contribution is -2.31. The fourth-order valence-corrected chi connectivity index (χ4v) is 5.10. The van der Waals surface area contributed by atoms with Crippen molar-refractivity contribution >= 4 is 15.8 Å². The lowest BCUT2D eigenvalue weighted by Gasteiger charge is -2.32. The highest BCUT2D eigenvalue weighted by molar-refractivity contribution is 7.92. The van der Waals surface area contributed by atoms with Crippen LogP contribution in [-0.4, -0.2) is 34.3 Å². The average Bonchev–Trinajstić information content (AvgIpc) is 3.26. The molecule has 2 aromatic heterocycles. The summed E-state index contributed by atoms with van der Waals surface area (Å²) in [6, 6.07) is 5.36. The van der Waals surface area contributed by atoms with Crippen LogP contribution in [0.25, 0.3) is 0 Å². The van der Waals surface area contributed by atoms with E-state index in [2.05, 4.69) is 19.8 Å². The van der Waals surface area contributed by atoms with E-state index in [-0.39, 0.29) is 23.6 Å². The molecule has 0 saturated heterocycles. The van der Waals surface area contributed by atoms with Gasteiger partial charge in [-0.3, -0.25) is 9.40 Å². The van der Waals surface area contributed by atoms with Crippen LogP contribution in [0.15, 0.2) is 47.9 Å². The molecule has 1 aliphatic rings. The quantitative estimate of drug-likeness (QED) is 0.571. The molecule has 0 spiro atoms. The zero-order valence-electron chi connectivity index (χ0n) is 17.4. The molecule has 0 aliphatic heterocycles. The highest BCUT2D eigenvalue weighted by Gasteiger charge is 2.32. The van der Waals surface area contributed by atoms with Gasteiger partial charge in [0.2, 0.25) is 5.82 Å². The molecule has 11 heteroatoms. The molecule has 2 atom stereocenters. The van der Waals surface area contributed by atoms with Gasteiger partial charge in [0.25, 0.3) is 10.0 Å². The van der Waals surface area contributed by atoms with Crippen LogP contribution in [0.3, 0.4) is 0 Å². The number of benzene rings is 1. The van der Waals surface area contributed by atoms with Crippen molar-refractivity contribution in [2.24, 2.45) is 0 Å². The van der Waals surface area contributed by atoms with Crippen LogP contribution >= 0.6 is 0 Å². The van der Waals surface area contributed by atoms with Crippen LogP contribution in [-0.2, 0) is 16.6 Å². The summed E-state index contributed by atoms with van der Waals surface area (Å²) < 4.78 is 64.6. The van der Waals surface area contributed by atoms with Gasteiger partial charge in [-0.05, 0) is 50.5 Å². The molecule has 8 nitrogen and oxygen atoms in total. The van der Waals surface area contributed by atoms with Crippen LogP contribution in [0, 0.1) is 11.6 Å². The number of nitrogens with one attached hydrogen (secondary N) is 1. The smallest absolute Gasteiger partial charge is 0.266 e. The molecule has 0 radical (unpaired) electrons. The molecule has 3 aromatic rings. The van der Waals surface area contributed by atoms with E-state index < -0.39 is 26.6 Å². The molecular weight excluding hydrogens is 440 g/mol. The van der Waals surface area contributed by atoms with Crippen molar-refractivity contribution in [1.29, 1.82) is 0 Å². The number of anilines is 1. The number of hydrogen-bond donors (Lipinski definition) is 1. The Labute approximate surface area is 184 Å².